The lowest BCUT2D eigenvalue weighted by molar-refractivity contribution is 0.0911. The smallest absolute Gasteiger partial charge is 0.0614 e. The normalized spacial score (nSPS) is 21.2. The number of benzene rings is 1. The molecule has 0 spiro atoms. The Labute approximate surface area is 78.7 Å². The van der Waals surface area contributed by atoms with Crippen LogP contribution in [0.15, 0.2) is 18.2 Å². The van der Waals surface area contributed by atoms with Gasteiger partial charge in [0.2, 0.25) is 0 Å². The first kappa shape index (κ1) is 8.57. The highest BCUT2D eigenvalue weighted by atomic mass is 16.5. The zero-order valence-electron chi connectivity index (χ0n) is 7.92. The summed E-state index contributed by atoms with van der Waals surface area (Å²) in [5.41, 5.74) is 9.38. The summed E-state index contributed by atoms with van der Waals surface area (Å²) in [6.45, 7) is 0. The molecule has 1 aliphatic carbocycles. The molecule has 70 valence electrons. The van der Waals surface area contributed by atoms with E-state index in [1.54, 1.807) is 7.11 Å². The maximum Gasteiger partial charge on any atom is 0.0614 e. The van der Waals surface area contributed by atoms with E-state index in [-0.39, 0.29) is 0 Å². The van der Waals surface area contributed by atoms with E-state index in [0.29, 0.717) is 6.10 Å². The van der Waals surface area contributed by atoms with Gasteiger partial charge >= 0.3 is 0 Å². The van der Waals surface area contributed by atoms with Gasteiger partial charge in [-0.15, -0.1) is 0 Å². The van der Waals surface area contributed by atoms with Crippen LogP contribution in [0.3, 0.4) is 0 Å². The molecule has 0 unspecified atom stereocenters. The molecule has 0 saturated heterocycles. The maximum atomic E-state index is 5.73. The van der Waals surface area contributed by atoms with Crippen molar-refractivity contribution in [1.82, 2.24) is 0 Å². The van der Waals surface area contributed by atoms with Crippen molar-refractivity contribution in [1.29, 1.82) is 0 Å². The van der Waals surface area contributed by atoms with Gasteiger partial charge < -0.3 is 10.5 Å². The van der Waals surface area contributed by atoms with E-state index in [4.69, 9.17) is 10.5 Å². The fourth-order valence-electron chi connectivity index (χ4n) is 1.94. The summed E-state index contributed by atoms with van der Waals surface area (Å²) in [5, 5.41) is 0. The second kappa shape index (κ2) is 3.38. The third kappa shape index (κ3) is 1.68. The van der Waals surface area contributed by atoms with E-state index in [9.17, 15) is 0 Å². The Morgan fingerprint density at radius 3 is 3.00 bits per heavy atom. The predicted octanol–water partition coefficient (Wildman–Crippen LogP) is 1.77. The van der Waals surface area contributed by atoms with E-state index in [2.05, 4.69) is 12.1 Å². The van der Waals surface area contributed by atoms with E-state index < -0.39 is 0 Å². The van der Waals surface area contributed by atoms with Crippen LogP contribution in [0.5, 0.6) is 0 Å². The summed E-state index contributed by atoms with van der Waals surface area (Å²) in [6.07, 6.45) is 3.65. The summed E-state index contributed by atoms with van der Waals surface area (Å²) in [5.74, 6) is 0. The highest BCUT2D eigenvalue weighted by Crippen LogP contribution is 2.24. The van der Waals surface area contributed by atoms with Crippen molar-refractivity contribution in [3.8, 4) is 0 Å². The molecule has 1 aromatic rings. The van der Waals surface area contributed by atoms with Gasteiger partial charge in [0.1, 0.15) is 0 Å². The Morgan fingerprint density at radius 2 is 2.23 bits per heavy atom. The molecule has 0 aromatic heterocycles. The van der Waals surface area contributed by atoms with Gasteiger partial charge in [-0.3, -0.25) is 0 Å². The molecule has 2 N–H and O–H groups in total. The number of anilines is 1. The van der Waals surface area contributed by atoms with E-state index in [1.165, 1.54) is 11.1 Å². The van der Waals surface area contributed by atoms with Gasteiger partial charge in [0, 0.05) is 12.8 Å². The first-order valence-corrected chi connectivity index (χ1v) is 4.69. The molecule has 1 atom stereocenters. The third-order valence-electron chi connectivity index (χ3n) is 2.75. The first-order valence-electron chi connectivity index (χ1n) is 4.69. The Bertz CT molecular complexity index is 309. The van der Waals surface area contributed by atoms with Gasteiger partial charge in [-0.25, -0.2) is 0 Å². The minimum Gasteiger partial charge on any atom is -0.399 e. The minimum absolute atomic E-state index is 0.384. The average Bonchev–Trinajstić information content (AvgIpc) is 2.16. The summed E-state index contributed by atoms with van der Waals surface area (Å²) in [6, 6.07) is 6.18. The van der Waals surface area contributed by atoms with Crippen LogP contribution in [-0.2, 0) is 17.6 Å². The van der Waals surface area contributed by atoms with Crippen LogP contribution in [0, 0.1) is 0 Å². The second-order valence-electron chi connectivity index (χ2n) is 3.63. The lowest BCUT2D eigenvalue weighted by Crippen LogP contribution is -2.21. The van der Waals surface area contributed by atoms with Crippen LogP contribution >= 0.6 is 0 Å². The summed E-state index contributed by atoms with van der Waals surface area (Å²) < 4.78 is 5.35. The molecule has 0 amide bonds. The summed E-state index contributed by atoms with van der Waals surface area (Å²) >= 11 is 0. The molecule has 13 heavy (non-hydrogen) atoms. The fraction of sp³-hybridized carbons (Fsp3) is 0.455. The van der Waals surface area contributed by atoms with Crippen molar-refractivity contribution >= 4 is 5.69 Å². The Kier molecular flexibility index (Phi) is 2.23. The molecule has 0 heterocycles. The van der Waals surface area contributed by atoms with Gasteiger partial charge in [0.25, 0.3) is 0 Å². The molecule has 1 aliphatic rings. The predicted molar refractivity (Wildman–Crippen MR) is 53.7 cm³/mol. The lowest BCUT2D eigenvalue weighted by Gasteiger charge is -2.23. The highest BCUT2D eigenvalue weighted by Gasteiger charge is 2.17. The van der Waals surface area contributed by atoms with Crippen LogP contribution in [0.1, 0.15) is 17.5 Å². The number of methoxy groups -OCH3 is 1. The van der Waals surface area contributed by atoms with Gasteiger partial charge in [0.15, 0.2) is 0 Å². The van der Waals surface area contributed by atoms with E-state index in [0.717, 1.165) is 24.9 Å². The van der Waals surface area contributed by atoms with Crippen molar-refractivity contribution in [3.63, 3.8) is 0 Å². The Balaban J connectivity index is 2.27. The topological polar surface area (TPSA) is 35.2 Å². The molecule has 0 fully saturated rings. The van der Waals surface area contributed by atoms with E-state index >= 15 is 0 Å². The maximum absolute atomic E-state index is 5.73. The molecule has 2 nitrogen and oxygen atoms in total. The number of nitrogen functional groups attached to an aromatic ring is 1. The zero-order valence-corrected chi connectivity index (χ0v) is 7.92. The van der Waals surface area contributed by atoms with Crippen LogP contribution in [0.25, 0.3) is 0 Å². The van der Waals surface area contributed by atoms with E-state index in [1.807, 2.05) is 6.07 Å². The lowest BCUT2D eigenvalue weighted by atomic mass is 9.89. The number of fused-ring (bicyclic) bond motifs is 1. The molecular weight excluding hydrogens is 162 g/mol. The Hall–Kier alpha value is -1.02. The number of aryl methyl sites for hydroxylation is 1. The first-order chi connectivity index (χ1) is 6.29. The largest absolute Gasteiger partial charge is 0.399 e. The van der Waals surface area contributed by atoms with Gasteiger partial charge in [0.05, 0.1) is 6.10 Å². The number of nitrogens with two attached hydrogens (primary N) is 1. The summed E-state index contributed by atoms with van der Waals surface area (Å²) in [7, 11) is 1.78. The SMILES string of the molecule is CO[C@H]1CCc2ccc(N)cc2C1. The standard InChI is InChI=1S/C11H15NO/c1-13-11-5-3-8-2-4-10(12)6-9(8)7-11/h2,4,6,11H,3,5,7,12H2,1H3/t11-/m0/s1. The monoisotopic (exact) mass is 177 g/mol. The number of ether oxygens (including phenoxy) is 1. The Morgan fingerprint density at radius 1 is 1.38 bits per heavy atom. The molecule has 0 radical (unpaired) electrons. The minimum atomic E-state index is 0.384. The molecule has 2 heteroatoms. The summed E-state index contributed by atoms with van der Waals surface area (Å²) in [4.78, 5) is 0. The number of hydrogen-bond acceptors (Lipinski definition) is 2. The molecule has 0 aliphatic heterocycles. The quantitative estimate of drug-likeness (QED) is 0.663. The van der Waals surface area contributed by atoms with Crippen molar-refractivity contribution in [2.24, 2.45) is 0 Å². The van der Waals surface area contributed by atoms with Crippen LogP contribution in [-0.4, -0.2) is 13.2 Å². The van der Waals surface area contributed by atoms with Crippen molar-refractivity contribution in [2.45, 2.75) is 25.4 Å². The highest BCUT2D eigenvalue weighted by molar-refractivity contribution is 5.45. The second-order valence-corrected chi connectivity index (χ2v) is 3.63. The molecule has 1 aromatic carbocycles. The van der Waals surface area contributed by atoms with Crippen molar-refractivity contribution < 1.29 is 4.74 Å². The average molecular weight is 177 g/mol. The molecular formula is C11H15NO. The van der Waals surface area contributed by atoms with Gasteiger partial charge in [-0.1, -0.05) is 6.07 Å². The fourth-order valence-corrected chi connectivity index (χ4v) is 1.94. The molecule has 2 rings (SSSR count). The molecule has 0 bridgehead atoms. The number of rotatable bonds is 1. The third-order valence-corrected chi connectivity index (χ3v) is 2.75. The van der Waals surface area contributed by atoms with Crippen molar-refractivity contribution in [3.05, 3.63) is 29.3 Å². The number of hydrogen-bond donors (Lipinski definition) is 1. The van der Waals surface area contributed by atoms with Gasteiger partial charge in [-0.2, -0.15) is 0 Å². The van der Waals surface area contributed by atoms with Crippen LogP contribution in [0.2, 0.25) is 0 Å². The molecule has 0 saturated carbocycles. The van der Waals surface area contributed by atoms with Crippen LogP contribution in [0.4, 0.5) is 5.69 Å². The zero-order chi connectivity index (χ0) is 9.26. The van der Waals surface area contributed by atoms with Gasteiger partial charge in [-0.05, 0) is 42.5 Å². The van der Waals surface area contributed by atoms with Crippen molar-refractivity contribution in [2.75, 3.05) is 12.8 Å². The van der Waals surface area contributed by atoms with Crippen LogP contribution < -0.4 is 5.73 Å².